The van der Waals surface area contributed by atoms with Crippen molar-refractivity contribution in [2.45, 2.75) is 63.8 Å². The summed E-state index contributed by atoms with van der Waals surface area (Å²) in [5.74, 6) is 1.92. The molecule has 1 spiro atoms. The fraction of sp³-hybridized carbons (Fsp3) is 0.720. The first-order valence-corrected chi connectivity index (χ1v) is 12.7. The number of likely N-dealkylation sites (tertiary alicyclic amines) is 1. The molecular formula is C25H37Cl2N3O. The van der Waals surface area contributed by atoms with Gasteiger partial charge in [0, 0.05) is 24.8 Å². The minimum Gasteiger partial charge on any atom is -0.310 e. The van der Waals surface area contributed by atoms with Crippen LogP contribution in [0, 0.1) is 11.8 Å². The molecule has 1 aromatic rings. The third-order valence-corrected chi connectivity index (χ3v) is 8.84. The average Bonchev–Trinajstić information content (AvgIpc) is 2.95. The van der Waals surface area contributed by atoms with Crippen LogP contribution in [-0.2, 0) is 10.2 Å². The highest BCUT2D eigenvalue weighted by Crippen LogP contribution is 2.50. The molecule has 1 aromatic carbocycles. The molecule has 31 heavy (non-hydrogen) atoms. The van der Waals surface area contributed by atoms with Gasteiger partial charge in [0.05, 0.1) is 15.5 Å². The van der Waals surface area contributed by atoms with E-state index >= 15 is 0 Å². The van der Waals surface area contributed by atoms with Crippen molar-refractivity contribution in [2.24, 2.45) is 11.8 Å². The number of likely N-dealkylation sites (N-methyl/N-ethyl adjacent to an activating group) is 1. The van der Waals surface area contributed by atoms with Gasteiger partial charge < -0.3 is 14.7 Å². The highest BCUT2D eigenvalue weighted by atomic mass is 35.5. The number of hydrogen-bond acceptors (Lipinski definition) is 3. The van der Waals surface area contributed by atoms with Gasteiger partial charge in [0.2, 0.25) is 5.91 Å². The summed E-state index contributed by atoms with van der Waals surface area (Å²) in [4.78, 5) is 20.5. The fourth-order valence-electron chi connectivity index (χ4n) is 6.04. The van der Waals surface area contributed by atoms with E-state index in [1.165, 1.54) is 25.7 Å². The third kappa shape index (κ3) is 4.38. The molecule has 6 heteroatoms. The van der Waals surface area contributed by atoms with Crippen LogP contribution in [0.4, 0.5) is 5.69 Å². The molecular weight excluding hydrogens is 429 g/mol. The molecule has 2 aliphatic heterocycles. The zero-order chi connectivity index (χ0) is 22.3. The molecule has 1 aliphatic carbocycles. The minimum absolute atomic E-state index is 0.242. The number of carbonyl (C=O) groups is 1. The van der Waals surface area contributed by atoms with Crippen molar-refractivity contribution in [1.82, 2.24) is 9.80 Å². The molecule has 2 fully saturated rings. The summed E-state index contributed by atoms with van der Waals surface area (Å²) in [5, 5.41) is 1.08. The summed E-state index contributed by atoms with van der Waals surface area (Å²) in [7, 11) is 4.08. The number of halogens is 2. The van der Waals surface area contributed by atoms with Gasteiger partial charge in [0.1, 0.15) is 0 Å². The van der Waals surface area contributed by atoms with E-state index in [1.54, 1.807) is 0 Å². The Labute approximate surface area is 197 Å². The molecule has 4 rings (SSSR count). The van der Waals surface area contributed by atoms with Crippen LogP contribution in [0.25, 0.3) is 0 Å². The van der Waals surface area contributed by atoms with E-state index in [9.17, 15) is 4.79 Å². The van der Waals surface area contributed by atoms with E-state index < -0.39 is 5.41 Å². The van der Waals surface area contributed by atoms with Crippen LogP contribution in [0.5, 0.6) is 0 Å². The number of rotatable bonds is 5. The summed E-state index contributed by atoms with van der Waals surface area (Å²) in [5.41, 5.74) is 1.61. The molecule has 1 saturated heterocycles. The molecule has 3 aliphatic rings. The number of hydrogen-bond donors (Lipinski definition) is 0. The van der Waals surface area contributed by atoms with Crippen molar-refractivity contribution in [3.8, 4) is 0 Å². The zero-order valence-corrected chi connectivity index (χ0v) is 21.0. The van der Waals surface area contributed by atoms with E-state index in [0.717, 1.165) is 55.6 Å². The lowest BCUT2D eigenvalue weighted by Crippen LogP contribution is -2.52. The first-order chi connectivity index (χ1) is 14.7. The Bertz CT molecular complexity index is 809. The number of carbonyl (C=O) groups excluding carboxylic acids is 1. The smallest absolute Gasteiger partial charge is 0.237 e. The van der Waals surface area contributed by atoms with Crippen LogP contribution >= 0.6 is 23.2 Å². The largest absolute Gasteiger partial charge is 0.310 e. The minimum atomic E-state index is -0.443. The molecule has 4 nitrogen and oxygen atoms in total. The lowest BCUT2D eigenvalue weighted by Gasteiger charge is -2.44. The summed E-state index contributed by atoms with van der Waals surface area (Å²) in [6.45, 7) is 8.21. The highest BCUT2D eigenvalue weighted by molar-refractivity contribution is 6.42. The standard InChI is InChI=1S/C25H37Cl2N3O/c1-17(2)18-5-7-19(8-6-18)29-11-9-25(10-12-29)20-15-21(26)22(27)16-23(20)30(24(25)31)14-13-28(3)4/h15-19H,5-14H2,1-4H3/t18-,19+. The predicted molar refractivity (Wildman–Crippen MR) is 130 cm³/mol. The second-order valence-electron chi connectivity index (χ2n) is 10.5. The fourth-order valence-corrected chi connectivity index (χ4v) is 6.36. The Morgan fingerprint density at radius 3 is 2.26 bits per heavy atom. The van der Waals surface area contributed by atoms with E-state index in [0.29, 0.717) is 22.6 Å². The van der Waals surface area contributed by atoms with Gasteiger partial charge in [0.15, 0.2) is 0 Å². The molecule has 1 amide bonds. The molecule has 0 radical (unpaired) electrons. The Kier molecular flexibility index (Phi) is 6.94. The van der Waals surface area contributed by atoms with Crippen molar-refractivity contribution in [2.75, 3.05) is 45.2 Å². The van der Waals surface area contributed by atoms with Crippen LogP contribution in [0.1, 0.15) is 57.9 Å². The maximum Gasteiger partial charge on any atom is 0.237 e. The van der Waals surface area contributed by atoms with E-state index in [4.69, 9.17) is 23.2 Å². The molecule has 0 atom stereocenters. The maximum atomic E-state index is 13.8. The summed E-state index contributed by atoms with van der Waals surface area (Å²) in [6.07, 6.45) is 7.04. The molecule has 0 N–H and O–H groups in total. The molecule has 0 bridgehead atoms. The zero-order valence-electron chi connectivity index (χ0n) is 19.5. The Hall–Kier alpha value is -0.810. The van der Waals surface area contributed by atoms with Crippen LogP contribution in [-0.4, -0.2) is 62.0 Å². The maximum absolute atomic E-state index is 13.8. The van der Waals surface area contributed by atoms with Crippen molar-refractivity contribution in [3.63, 3.8) is 0 Å². The number of benzene rings is 1. The number of fused-ring (bicyclic) bond motifs is 2. The molecule has 1 saturated carbocycles. The first kappa shape index (κ1) is 23.4. The Morgan fingerprint density at radius 2 is 1.68 bits per heavy atom. The second kappa shape index (κ2) is 9.21. The number of nitrogens with zero attached hydrogens (tertiary/aromatic N) is 3. The molecule has 2 heterocycles. The van der Waals surface area contributed by atoms with E-state index in [1.807, 2.05) is 31.1 Å². The van der Waals surface area contributed by atoms with E-state index in [2.05, 4.69) is 23.6 Å². The van der Waals surface area contributed by atoms with Crippen LogP contribution < -0.4 is 4.90 Å². The number of anilines is 1. The third-order valence-electron chi connectivity index (χ3n) is 8.12. The van der Waals surface area contributed by atoms with Gasteiger partial charge in [-0.15, -0.1) is 0 Å². The van der Waals surface area contributed by atoms with Gasteiger partial charge in [-0.3, -0.25) is 4.79 Å². The highest BCUT2D eigenvalue weighted by Gasteiger charge is 2.52. The quantitative estimate of drug-likeness (QED) is 0.578. The lowest BCUT2D eigenvalue weighted by atomic mass is 9.72. The van der Waals surface area contributed by atoms with E-state index in [-0.39, 0.29) is 5.91 Å². The monoisotopic (exact) mass is 465 g/mol. The van der Waals surface area contributed by atoms with Crippen molar-refractivity contribution < 1.29 is 4.79 Å². The Morgan fingerprint density at radius 1 is 1.06 bits per heavy atom. The topological polar surface area (TPSA) is 26.8 Å². The van der Waals surface area contributed by atoms with Gasteiger partial charge in [-0.05, 0) is 95.2 Å². The number of amides is 1. The van der Waals surface area contributed by atoms with Gasteiger partial charge >= 0.3 is 0 Å². The molecule has 0 aromatic heterocycles. The first-order valence-electron chi connectivity index (χ1n) is 11.9. The van der Waals surface area contributed by atoms with Crippen LogP contribution in [0.15, 0.2) is 12.1 Å². The van der Waals surface area contributed by atoms with Crippen molar-refractivity contribution >= 4 is 34.8 Å². The average molecular weight is 466 g/mol. The number of piperidine rings is 1. The normalized spacial score (nSPS) is 26.3. The molecule has 172 valence electrons. The summed E-state index contributed by atoms with van der Waals surface area (Å²) >= 11 is 12.8. The predicted octanol–water partition coefficient (Wildman–Crippen LogP) is 5.45. The summed E-state index contributed by atoms with van der Waals surface area (Å²) in [6, 6.07) is 4.55. The summed E-state index contributed by atoms with van der Waals surface area (Å²) < 4.78 is 0. The van der Waals surface area contributed by atoms with Gasteiger partial charge in [-0.2, -0.15) is 0 Å². The Balaban J connectivity index is 1.52. The second-order valence-corrected chi connectivity index (χ2v) is 11.3. The van der Waals surface area contributed by atoms with Gasteiger partial charge in [-0.1, -0.05) is 37.0 Å². The van der Waals surface area contributed by atoms with Crippen molar-refractivity contribution in [1.29, 1.82) is 0 Å². The van der Waals surface area contributed by atoms with Gasteiger partial charge in [-0.25, -0.2) is 0 Å². The van der Waals surface area contributed by atoms with Crippen LogP contribution in [0.3, 0.4) is 0 Å². The van der Waals surface area contributed by atoms with Crippen molar-refractivity contribution in [3.05, 3.63) is 27.7 Å². The lowest BCUT2D eigenvalue weighted by molar-refractivity contribution is -0.125. The molecule has 0 unspecified atom stereocenters. The van der Waals surface area contributed by atoms with Gasteiger partial charge in [0.25, 0.3) is 0 Å². The SMILES string of the molecule is CC(C)[C@H]1CC[C@@H](N2CCC3(CC2)C(=O)N(CCN(C)C)c2cc(Cl)c(Cl)cc23)CC1. The van der Waals surface area contributed by atoms with Crippen LogP contribution in [0.2, 0.25) is 10.0 Å².